The molecule has 0 fully saturated rings. The Labute approximate surface area is 65.8 Å². The minimum atomic E-state index is 0.545. The highest BCUT2D eigenvalue weighted by Gasteiger charge is 2.05. The molecule has 1 heterocycles. The molecule has 10 heavy (non-hydrogen) atoms. The molecule has 0 aliphatic rings. The maximum absolute atomic E-state index is 5.69. The van der Waals surface area contributed by atoms with Gasteiger partial charge in [-0.05, 0) is 13.8 Å². The molecule has 0 bridgehead atoms. The molecule has 0 aromatic carbocycles. The Morgan fingerprint density at radius 3 is 2.30 bits per heavy atom. The molecule has 1 aromatic heterocycles. The molecule has 0 radical (unpaired) electrons. The van der Waals surface area contributed by atoms with Gasteiger partial charge in [-0.2, -0.15) is 0 Å². The van der Waals surface area contributed by atoms with Crippen molar-refractivity contribution in [1.82, 2.24) is 9.55 Å². The summed E-state index contributed by atoms with van der Waals surface area (Å²) in [6.07, 6.45) is 0. The normalized spacial score (nSPS) is 10.4. The van der Waals surface area contributed by atoms with E-state index in [4.69, 9.17) is 11.6 Å². The van der Waals surface area contributed by atoms with Crippen molar-refractivity contribution in [3.05, 3.63) is 17.2 Å². The topological polar surface area (TPSA) is 17.8 Å². The number of halogens is 1. The third-order valence-corrected chi connectivity index (χ3v) is 2.02. The zero-order chi connectivity index (χ0) is 7.72. The molecule has 0 atom stereocenters. The molecule has 0 aliphatic heterocycles. The van der Waals surface area contributed by atoms with Gasteiger partial charge in [-0.3, -0.25) is 0 Å². The minimum Gasteiger partial charge on any atom is -0.334 e. The molecule has 0 spiro atoms. The van der Waals surface area contributed by atoms with Crippen LogP contribution in [0.3, 0.4) is 0 Å². The minimum absolute atomic E-state index is 0.545. The summed E-state index contributed by atoms with van der Waals surface area (Å²) in [6.45, 7) is 3.95. The summed E-state index contributed by atoms with van der Waals surface area (Å²) < 4.78 is 2.02. The van der Waals surface area contributed by atoms with E-state index in [2.05, 4.69) is 4.98 Å². The number of hydrogen-bond donors (Lipinski definition) is 0. The quantitative estimate of drug-likeness (QED) is 0.570. The fraction of sp³-hybridized carbons (Fsp3) is 0.571. The Balaban J connectivity index is 3.20. The highest BCUT2D eigenvalue weighted by atomic mass is 35.5. The third-order valence-electron chi connectivity index (χ3n) is 1.76. The largest absolute Gasteiger partial charge is 0.334 e. The maximum atomic E-state index is 5.69. The number of nitrogens with zero attached hydrogens (tertiary/aromatic N) is 2. The van der Waals surface area contributed by atoms with Gasteiger partial charge in [0.25, 0.3) is 0 Å². The second-order valence-corrected chi connectivity index (χ2v) is 2.65. The van der Waals surface area contributed by atoms with Crippen LogP contribution in [0.4, 0.5) is 0 Å². The molecule has 3 heteroatoms. The molecule has 1 aromatic rings. The lowest BCUT2D eigenvalue weighted by Crippen LogP contribution is -1.95. The summed E-state index contributed by atoms with van der Waals surface area (Å²) in [7, 11) is 1.98. The van der Waals surface area contributed by atoms with Crippen LogP contribution in [0.1, 0.15) is 17.2 Å². The van der Waals surface area contributed by atoms with E-state index in [1.807, 2.05) is 25.5 Å². The first-order chi connectivity index (χ1) is 4.66. The second kappa shape index (κ2) is 2.62. The van der Waals surface area contributed by atoms with Gasteiger partial charge in [-0.15, -0.1) is 11.6 Å². The Hall–Kier alpha value is -0.500. The van der Waals surface area contributed by atoms with Crippen LogP contribution in [0.25, 0.3) is 0 Å². The number of alkyl halides is 1. The van der Waals surface area contributed by atoms with Gasteiger partial charge in [0, 0.05) is 7.05 Å². The van der Waals surface area contributed by atoms with Gasteiger partial charge in [0.1, 0.15) is 5.82 Å². The molecular formula is C7H11ClN2. The van der Waals surface area contributed by atoms with Crippen molar-refractivity contribution in [2.24, 2.45) is 7.05 Å². The van der Waals surface area contributed by atoms with Crippen molar-refractivity contribution in [2.45, 2.75) is 19.7 Å². The average Bonchev–Trinajstić information content (AvgIpc) is 2.09. The molecule has 0 unspecified atom stereocenters. The lowest BCUT2D eigenvalue weighted by atomic mass is 10.4. The van der Waals surface area contributed by atoms with Crippen molar-refractivity contribution in [3.8, 4) is 0 Å². The summed E-state index contributed by atoms with van der Waals surface area (Å²) in [6, 6.07) is 0. The number of rotatable bonds is 1. The zero-order valence-electron chi connectivity index (χ0n) is 6.48. The molecule has 56 valence electrons. The van der Waals surface area contributed by atoms with Gasteiger partial charge in [-0.1, -0.05) is 0 Å². The molecule has 1 rings (SSSR count). The van der Waals surface area contributed by atoms with E-state index < -0.39 is 0 Å². The lowest BCUT2D eigenvalue weighted by Gasteiger charge is -1.98. The Kier molecular flexibility index (Phi) is 2.00. The monoisotopic (exact) mass is 158 g/mol. The van der Waals surface area contributed by atoms with Crippen LogP contribution in [-0.4, -0.2) is 9.55 Å². The number of imidazole rings is 1. The molecule has 0 N–H and O–H groups in total. The predicted molar refractivity (Wildman–Crippen MR) is 42.2 cm³/mol. The van der Waals surface area contributed by atoms with Gasteiger partial charge in [0.2, 0.25) is 0 Å². The smallest absolute Gasteiger partial charge is 0.105 e. The van der Waals surface area contributed by atoms with Gasteiger partial charge >= 0.3 is 0 Å². The fourth-order valence-corrected chi connectivity index (χ4v) is 1.38. The molecule has 0 saturated carbocycles. The first kappa shape index (κ1) is 7.61. The second-order valence-electron chi connectivity index (χ2n) is 2.38. The van der Waals surface area contributed by atoms with E-state index in [1.165, 1.54) is 0 Å². The third kappa shape index (κ3) is 1.03. The van der Waals surface area contributed by atoms with E-state index >= 15 is 0 Å². The molecule has 0 saturated heterocycles. The van der Waals surface area contributed by atoms with E-state index in [1.54, 1.807) is 0 Å². The van der Waals surface area contributed by atoms with Gasteiger partial charge in [-0.25, -0.2) is 4.98 Å². The SMILES string of the molecule is Cc1nc(C)n(C)c1CCl. The number of hydrogen-bond acceptors (Lipinski definition) is 1. The average molecular weight is 159 g/mol. The number of aryl methyl sites for hydroxylation is 2. The van der Waals surface area contributed by atoms with Crippen LogP contribution in [0.15, 0.2) is 0 Å². The Morgan fingerprint density at radius 1 is 1.50 bits per heavy atom. The summed E-state index contributed by atoms with van der Waals surface area (Å²) in [5.41, 5.74) is 2.15. The van der Waals surface area contributed by atoms with Gasteiger partial charge < -0.3 is 4.57 Å². The summed E-state index contributed by atoms with van der Waals surface area (Å²) in [5, 5.41) is 0. The van der Waals surface area contributed by atoms with Crippen molar-refractivity contribution in [2.75, 3.05) is 0 Å². The summed E-state index contributed by atoms with van der Waals surface area (Å²) in [4.78, 5) is 4.26. The van der Waals surface area contributed by atoms with E-state index in [0.717, 1.165) is 17.2 Å². The first-order valence-corrected chi connectivity index (χ1v) is 3.75. The van der Waals surface area contributed by atoms with Crippen LogP contribution >= 0.6 is 11.6 Å². The van der Waals surface area contributed by atoms with Crippen molar-refractivity contribution < 1.29 is 0 Å². The highest BCUT2D eigenvalue weighted by Crippen LogP contribution is 2.10. The number of aromatic nitrogens is 2. The first-order valence-electron chi connectivity index (χ1n) is 3.21. The highest BCUT2D eigenvalue weighted by molar-refractivity contribution is 6.17. The summed E-state index contributed by atoms with van der Waals surface area (Å²) >= 11 is 5.69. The van der Waals surface area contributed by atoms with E-state index in [0.29, 0.717) is 5.88 Å². The maximum Gasteiger partial charge on any atom is 0.105 e. The zero-order valence-corrected chi connectivity index (χ0v) is 7.24. The van der Waals surface area contributed by atoms with Crippen LogP contribution in [-0.2, 0) is 12.9 Å². The Bertz CT molecular complexity index is 240. The van der Waals surface area contributed by atoms with Gasteiger partial charge in [0.05, 0.1) is 17.3 Å². The molecule has 2 nitrogen and oxygen atoms in total. The molecular weight excluding hydrogens is 148 g/mol. The molecule has 0 aliphatic carbocycles. The summed E-state index contributed by atoms with van der Waals surface area (Å²) in [5.74, 6) is 1.57. The van der Waals surface area contributed by atoms with Crippen LogP contribution in [0.5, 0.6) is 0 Å². The van der Waals surface area contributed by atoms with Crippen LogP contribution in [0, 0.1) is 13.8 Å². The van der Waals surface area contributed by atoms with Gasteiger partial charge in [0.15, 0.2) is 0 Å². The van der Waals surface area contributed by atoms with E-state index in [9.17, 15) is 0 Å². The fourth-order valence-electron chi connectivity index (χ4n) is 1.01. The van der Waals surface area contributed by atoms with Crippen LogP contribution in [0.2, 0.25) is 0 Å². The van der Waals surface area contributed by atoms with Crippen LogP contribution < -0.4 is 0 Å². The standard InChI is InChI=1S/C7H11ClN2/c1-5-7(4-8)10(3)6(2)9-5/h4H2,1-3H3. The van der Waals surface area contributed by atoms with E-state index in [-0.39, 0.29) is 0 Å². The lowest BCUT2D eigenvalue weighted by molar-refractivity contribution is 0.820. The van der Waals surface area contributed by atoms with Crippen molar-refractivity contribution >= 4 is 11.6 Å². The molecule has 0 amide bonds. The predicted octanol–water partition coefficient (Wildman–Crippen LogP) is 1.78. The van der Waals surface area contributed by atoms with Crippen molar-refractivity contribution in [1.29, 1.82) is 0 Å². The Morgan fingerprint density at radius 2 is 2.10 bits per heavy atom. The van der Waals surface area contributed by atoms with Crippen molar-refractivity contribution in [3.63, 3.8) is 0 Å².